The first-order valence-corrected chi connectivity index (χ1v) is 6.78. The molecule has 2 rings (SSSR count). The van der Waals surface area contributed by atoms with E-state index in [-0.39, 0.29) is 0 Å². The standard InChI is InChI=1S/C15H16O2S/c1-17-13-8-5-9-14(10-13)18-11-15(16)12-6-3-2-4-7-12/h2-10,15-16H,11H2,1H3. The van der Waals surface area contributed by atoms with Crippen LogP contribution in [0.4, 0.5) is 0 Å². The molecule has 1 N–H and O–H groups in total. The van der Waals surface area contributed by atoms with Gasteiger partial charge in [0.2, 0.25) is 0 Å². The minimum absolute atomic E-state index is 0.442. The second-order valence-electron chi connectivity index (χ2n) is 3.92. The average molecular weight is 260 g/mol. The van der Waals surface area contributed by atoms with Crippen LogP contribution in [0.3, 0.4) is 0 Å². The van der Waals surface area contributed by atoms with Crippen LogP contribution >= 0.6 is 11.8 Å². The monoisotopic (exact) mass is 260 g/mol. The molecule has 0 aliphatic heterocycles. The zero-order valence-corrected chi connectivity index (χ0v) is 11.1. The summed E-state index contributed by atoms with van der Waals surface area (Å²) < 4.78 is 5.17. The van der Waals surface area contributed by atoms with E-state index < -0.39 is 6.10 Å². The van der Waals surface area contributed by atoms with Gasteiger partial charge >= 0.3 is 0 Å². The maximum Gasteiger partial charge on any atom is 0.119 e. The predicted octanol–water partition coefficient (Wildman–Crippen LogP) is 3.52. The molecule has 2 aromatic rings. The van der Waals surface area contributed by atoms with E-state index in [1.807, 2.05) is 54.6 Å². The van der Waals surface area contributed by atoms with Crippen LogP contribution in [0.2, 0.25) is 0 Å². The molecule has 3 heteroatoms. The van der Waals surface area contributed by atoms with Gasteiger partial charge in [-0.3, -0.25) is 0 Å². The van der Waals surface area contributed by atoms with Crippen molar-refractivity contribution in [3.8, 4) is 5.75 Å². The number of aliphatic hydroxyl groups is 1. The maximum atomic E-state index is 10.1. The third-order valence-corrected chi connectivity index (χ3v) is 3.70. The zero-order chi connectivity index (χ0) is 12.8. The molecule has 94 valence electrons. The van der Waals surface area contributed by atoms with Gasteiger partial charge in [0.1, 0.15) is 5.75 Å². The number of thioether (sulfide) groups is 1. The molecule has 0 aromatic heterocycles. The van der Waals surface area contributed by atoms with Gasteiger partial charge in [0.25, 0.3) is 0 Å². The van der Waals surface area contributed by atoms with Gasteiger partial charge in [-0.05, 0) is 23.8 Å². The number of aliphatic hydroxyl groups excluding tert-OH is 1. The van der Waals surface area contributed by atoms with E-state index >= 15 is 0 Å². The quantitative estimate of drug-likeness (QED) is 0.834. The largest absolute Gasteiger partial charge is 0.497 e. The fourth-order valence-electron chi connectivity index (χ4n) is 1.64. The zero-order valence-electron chi connectivity index (χ0n) is 10.2. The molecule has 1 atom stereocenters. The van der Waals surface area contributed by atoms with Crippen molar-refractivity contribution >= 4 is 11.8 Å². The summed E-state index contributed by atoms with van der Waals surface area (Å²) in [7, 11) is 1.66. The molecule has 0 spiro atoms. The Bertz CT molecular complexity index is 485. The number of ether oxygens (including phenoxy) is 1. The van der Waals surface area contributed by atoms with Gasteiger partial charge in [-0.25, -0.2) is 0 Å². The summed E-state index contributed by atoms with van der Waals surface area (Å²) in [5, 5.41) is 10.1. The molecular formula is C15H16O2S. The number of benzene rings is 2. The molecule has 0 aliphatic rings. The van der Waals surface area contributed by atoms with Gasteiger partial charge in [0.15, 0.2) is 0 Å². The molecule has 1 unspecified atom stereocenters. The number of hydrogen-bond donors (Lipinski definition) is 1. The summed E-state index contributed by atoms with van der Waals surface area (Å²) in [4.78, 5) is 1.10. The van der Waals surface area contributed by atoms with Crippen molar-refractivity contribution in [1.29, 1.82) is 0 Å². The third kappa shape index (κ3) is 3.52. The molecule has 0 amide bonds. The van der Waals surface area contributed by atoms with E-state index in [0.717, 1.165) is 16.2 Å². The molecule has 0 saturated heterocycles. The van der Waals surface area contributed by atoms with Crippen LogP contribution < -0.4 is 4.74 Å². The molecule has 18 heavy (non-hydrogen) atoms. The predicted molar refractivity (Wildman–Crippen MR) is 75.1 cm³/mol. The van der Waals surface area contributed by atoms with Crippen LogP contribution in [0.1, 0.15) is 11.7 Å². The fraction of sp³-hybridized carbons (Fsp3) is 0.200. The van der Waals surface area contributed by atoms with Crippen LogP contribution in [0.25, 0.3) is 0 Å². The third-order valence-electron chi connectivity index (χ3n) is 2.63. The lowest BCUT2D eigenvalue weighted by Crippen LogP contribution is -1.99. The number of methoxy groups -OCH3 is 1. The summed E-state index contributed by atoms with van der Waals surface area (Å²) in [6.45, 7) is 0. The lowest BCUT2D eigenvalue weighted by Gasteiger charge is -2.10. The molecule has 0 saturated carbocycles. The highest BCUT2D eigenvalue weighted by molar-refractivity contribution is 7.99. The van der Waals surface area contributed by atoms with E-state index in [0.29, 0.717) is 5.75 Å². The van der Waals surface area contributed by atoms with Gasteiger partial charge in [0, 0.05) is 10.6 Å². The highest BCUT2D eigenvalue weighted by Crippen LogP contribution is 2.27. The van der Waals surface area contributed by atoms with Crippen LogP contribution in [-0.2, 0) is 0 Å². The molecule has 2 aromatic carbocycles. The smallest absolute Gasteiger partial charge is 0.119 e. The lowest BCUT2D eigenvalue weighted by atomic mass is 10.1. The highest BCUT2D eigenvalue weighted by Gasteiger charge is 2.07. The van der Waals surface area contributed by atoms with Crippen molar-refractivity contribution in [1.82, 2.24) is 0 Å². The van der Waals surface area contributed by atoms with Gasteiger partial charge in [-0.1, -0.05) is 36.4 Å². The van der Waals surface area contributed by atoms with E-state index in [4.69, 9.17) is 4.74 Å². The van der Waals surface area contributed by atoms with E-state index in [9.17, 15) is 5.11 Å². The van der Waals surface area contributed by atoms with Gasteiger partial charge in [0.05, 0.1) is 13.2 Å². The van der Waals surface area contributed by atoms with Crippen molar-refractivity contribution in [2.24, 2.45) is 0 Å². The first kappa shape index (κ1) is 13.0. The normalized spacial score (nSPS) is 12.1. The number of rotatable bonds is 5. The topological polar surface area (TPSA) is 29.5 Å². The molecule has 0 radical (unpaired) electrons. The van der Waals surface area contributed by atoms with Gasteiger partial charge in [-0.2, -0.15) is 0 Å². The van der Waals surface area contributed by atoms with E-state index in [2.05, 4.69) is 0 Å². The molecule has 0 aliphatic carbocycles. The summed E-state index contributed by atoms with van der Waals surface area (Å²) in [5.74, 6) is 1.48. The highest BCUT2D eigenvalue weighted by atomic mass is 32.2. The summed E-state index contributed by atoms with van der Waals surface area (Å²) in [5.41, 5.74) is 0.952. The molecule has 0 bridgehead atoms. The minimum atomic E-state index is -0.442. The van der Waals surface area contributed by atoms with E-state index in [1.54, 1.807) is 18.9 Å². The van der Waals surface area contributed by atoms with Crippen LogP contribution in [-0.4, -0.2) is 18.0 Å². The molecular weight excluding hydrogens is 244 g/mol. The van der Waals surface area contributed by atoms with Gasteiger partial charge < -0.3 is 9.84 Å². The second kappa shape index (κ2) is 6.47. The average Bonchev–Trinajstić information content (AvgIpc) is 2.46. The Balaban J connectivity index is 1.95. The van der Waals surface area contributed by atoms with Crippen LogP contribution in [0, 0.1) is 0 Å². The Kier molecular flexibility index (Phi) is 4.67. The summed E-state index contributed by atoms with van der Waals surface area (Å²) in [6.07, 6.45) is -0.442. The van der Waals surface area contributed by atoms with Gasteiger partial charge in [-0.15, -0.1) is 11.8 Å². The van der Waals surface area contributed by atoms with Crippen molar-refractivity contribution in [3.63, 3.8) is 0 Å². The van der Waals surface area contributed by atoms with Crippen molar-refractivity contribution in [2.45, 2.75) is 11.0 Å². The Morgan fingerprint density at radius 3 is 2.61 bits per heavy atom. The second-order valence-corrected chi connectivity index (χ2v) is 5.01. The van der Waals surface area contributed by atoms with Crippen LogP contribution in [0.5, 0.6) is 5.75 Å². The molecule has 0 fully saturated rings. The van der Waals surface area contributed by atoms with Crippen molar-refractivity contribution < 1.29 is 9.84 Å². The Hall–Kier alpha value is -1.45. The Morgan fingerprint density at radius 2 is 1.89 bits per heavy atom. The summed E-state index contributed by atoms with van der Waals surface area (Å²) >= 11 is 1.62. The van der Waals surface area contributed by atoms with Crippen LogP contribution in [0.15, 0.2) is 59.5 Å². The number of hydrogen-bond acceptors (Lipinski definition) is 3. The van der Waals surface area contributed by atoms with Crippen molar-refractivity contribution in [2.75, 3.05) is 12.9 Å². The SMILES string of the molecule is COc1cccc(SCC(O)c2ccccc2)c1. The van der Waals surface area contributed by atoms with Crippen molar-refractivity contribution in [3.05, 3.63) is 60.2 Å². The Labute approximate surface area is 112 Å². The summed E-state index contributed by atoms with van der Waals surface area (Å²) in [6, 6.07) is 17.6. The molecule has 0 heterocycles. The fourth-order valence-corrected chi connectivity index (χ4v) is 2.55. The lowest BCUT2D eigenvalue weighted by molar-refractivity contribution is 0.204. The first-order chi connectivity index (χ1) is 8.79. The minimum Gasteiger partial charge on any atom is -0.497 e. The maximum absolute atomic E-state index is 10.1. The Morgan fingerprint density at radius 1 is 1.11 bits per heavy atom. The molecule has 2 nitrogen and oxygen atoms in total. The van der Waals surface area contributed by atoms with E-state index in [1.165, 1.54) is 0 Å². The first-order valence-electron chi connectivity index (χ1n) is 5.79.